The highest BCUT2D eigenvalue weighted by molar-refractivity contribution is 5.93. The highest BCUT2D eigenvalue weighted by Crippen LogP contribution is 2.33. The molecule has 1 aromatic carbocycles. The van der Waals surface area contributed by atoms with Crippen LogP contribution in [0.1, 0.15) is 28.5 Å². The molecule has 0 saturated carbocycles. The minimum absolute atomic E-state index is 0.619. The Morgan fingerprint density at radius 3 is 2.44 bits per heavy atom. The molecule has 7 heteroatoms. The third-order valence-electron chi connectivity index (χ3n) is 4.48. The van der Waals surface area contributed by atoms with Crippen LogP contribution in [0, 0.1) is 27.7 Å². The third kappa shape index (κ3) is 2.57. The van der Waals surface area contributed by atoms with E-state index in [0.717, 1.165) is 56.3 Å². The summed E-state index contributed by atoms with van der Waals surface area (Å²) in [5.41, 5.74) is 7.66. The number of aromatic nitrogens is 4. The largest absolute Gasteiger partial charge is 0.379 e. The molecule has 0 bridgehead atoms. The number of H-pyrrole nitrogens is 1. The molecule has 0 aliphatic rings. The summed E-state index contributed by atoms with van der Waals surface area (Å²) in [4.78, 5) is 7.62. The molecule has 0 aliphatic heterocycles. The number of anilines is 1. The van der Waals surface area contributed by atoms with Crippen LogP contribution < -0.4 is 5.32 Å². The molecule has 3 heterocycles. The fourth-order valence-electron chi connectivity index (χ4n) is 3.16. The maximum Gasteiger partial charge on any atom is 0.141 e. The van der Waals surface area contributed by atoms with E-state index in [0.29, 0.717) is 6.54 Å². The van der Waals surface area contributed by atoms with E-state index in [-0.39, 0.29) is 0 Å². The summed E-state index contributed by atoms with van der Waals surface area (Å²) >= 11 is 0. The zero-order valence-electron chi connectivity index (χ0n) is 14.6. The predicted molar refractivity (Wildman–Crippen MR) is 94.4 cm³/mol. The summed E-state index contributed by atoms with van der Waals surface area (Å²) in [5.74, 6) is 1.62. The van der Waals surface area contributed by atoms with Gasteiger partial charge in [0.15, 0.2) is 0 Å². The average Bonchev–Trinajstić information content (AvgIpc) is 3.26. The smallest absolute Gasteiger partial charge is 0.141 e. The predicted octanol–water partition coefficient (Wildman–Crippen LogP) is 4.05. The molecule has 0 atom stereocenters. The van der Waals surface area contributed by atoms with Gasteiger partial charge < -0.3 is 19.3 Å². The lowest BCUT2D eigenvalue weighted by Gasteiger charge is -2.10. The van der Waals surface area contributed by atoms with Crippen LogP contribution in [0.25, 0.3) is 22.2 Å². The fourth-order valence-corrected chi connectivity index (χ4v) is 3.16. The van der Waals surface area contributed by atoms with Crippen molar-refractivity contribution in [3.8, 4) is 11.1 Å². The van der Waals surface area contributed by atoms with Gasteiger partial charge in [0.25, 0.3) is 0 Å². The van der Waals surface area contributed by atoms with Crippen molar-refractivity contribution < 1.29 is 9.05 Å². The average molecular weight is 337 g/mol. The number of aromatic amines is 1. The zero-order chi connectivity index (χ0) is 17.6. The summed E-state index contributed by atoms with van der Waals surface area (Å²) in [6, 6.07) is 4.14. The third-order valence-corrected chi connectivity index (χ3v) is 4.48. The molecular formula is C18H19N5O2. The van der Waals surface area contributed by atoms with Gasteiger partial charge in [-0.15, -0.1) is 0 Å². The van der Waals surface area contributed by atoms with Crippen LogP contribution in [0.3, 0.4) is 0 Å². The van der Waals surface area contributed by atoms with E-state index < -0.39 is 0 Å². The molecule has 0 saturated heterocycles. The molecule has 0 spiro atoms. The number of nitrogens with one attached hydrogen (secondary N) is 2. The molecule has 0 fully saturated rings. The van der Waals surface area contributed by atoms with E-state index in [9.17, 15) is 0 Å². The second kappa shape index (κ2) is 5.77. The molecule has 2 N–H and O–H groups in total. The van der Waals surface area contributed by atoms with Gasteiger partial charge in [0, 0.05) is 17.7 Å². The zero-order valence-corrected chi connectivity index (χ0v) is 14.6. The van der Waals surface area contributed by atoms with Crippen molar-refractivity contribution >= 4 is 16.7 Å². The van der Waals surface area contributed by atoms with Gasteiger partial charge in [0.05, 0.1) is 28.9 Å². The van der Waals surface area contributed by atoms with E-state index in [1.807, 2.05) is 27.7 Å². The van der Waals surface area contributed by atoms with Crippen LogP contribution >= 0.6 is 0 Å². The highest BCUT2D eigenvalue weighted by Gasteiger charge is 2.16. The van der Waals surface area contributed by atoms with Crippen molar-refractivity contribution in [1.29, 1.82) is 0 Å². The lowest BCUT2D eigenvalue weighted by molar-refractivity contribution is 0.392. The van der Waals surface area contributed by atoms with Gasteiger partial charge in [-0.25, -0.2) is 4.98 Å². The quantitative estimate of drug-likeness (QED) is 0.583. The maximum atomic E-state index is 5.32. The Labute approximate surface area is 144 Å². The number of fused-ring (bicyclic) bond motifs is 1. The first-order valence-electron chi connectivity index (χ1n) is 8.10. The van der Waals surface area contributed by atoms with Crippen molar-refractivity contribution in [1.82, 2.24) is 20.3 Å². The standard InChI is InChI=1S/C18H19N5O2/c1-9-14(11(3)24-22-9)7-19-15-5-13(6-16-18(15)21-8-20-16)17-10(2)23-25-12(17)4/h5-6,8,19H,7H2,1-4H3,(H,20,21). The second-order valence-corrected chi connectivity index (χ2v) is 6.18. The second-order valence-electron chi connectivity index (χ2n) is 6.18. The van der Waals surface area contributed by atoms with Crippen molar-refractivity contribution in [2.24, 2.45) is 0 Å². The van der Waals surface area contributed by atoms with Gasteiger partial charge in [-0.2, -0.15) is 0 Å². The number of imidazole rings is 1. The Balaban J connectivity index is 1.77. The van der Waals surface area contributed by atoms with Gasteiger partial charge in [-0.05, 0) is 45.4 Å². The Hall–Kier alpha value is -3.09. The van der Waals surface area contributed by atoms with Gasteiger partial charge in [-0.3, -0.25) is 0 Å². The van der Waals surface area contributed by atoms with Crippen molar-refractivity contribution in [3.05, 3.63) is 46.9 Å². The number of rotatable bonds is 4. The minimum Gasteiger partial charge on any atom is -0.379 e. The number of nitrogens with zero attached hydrogens (tertiary/aromatic N) is 3. The summed E-state index contributed by atoms with van der Waals surface area (Å²) in [7, 11) is 0. The first-order chi connectivity index (χ1) is 12.0. The molecular weight excluding hydrogens is 318 g/mol. The summed E-state index contributed by atoms with van der Waals surface area (Å²) in [6.45, 7) is 8.34. The first kappa shape index (κ1) is 15.4. The molecule has 0 aliphatic carbocycles. The van der Waals surface area contributed by atoms with Gasteiger partial charge in [-0.1, -0.05) is 10.3 Å². The van der Waals surface area contributed by atoms with Gasteiger partial charge in [0.2, 0.25) is 0 Å². The molecule has 0 unspecified atom stereocenters. The fraction of sp³-hybridized carbons (Fsp3) is 0.278. The molecule has 4 rings (SSSR count). The summed E-state index contributed by atoms with van der Waals surface area (Å²) < 4.78 is 10.6. The highest BCUT2D eigenvalue weighted by atomic mass is 16.5. The van der Waals surface area contributed by atoms with Crippen LogP contribution in [0.2, 0.25) is 0 Å². The van der Waals surface area contributed by atoms with Gasteiger partial charge in [0.1, 0.15) is 17.0 Å². The SMILES string of the molecule is Cc1noc(C)c1CNc1cc(-c2c(C)noc2C)cc2[nH]cnc12. The molecule has 0 amide bonds. The van der Waals surface area contributed by atoms with Crippen molar-refractivity contribution in [3.63, 3.8) is 0 Å². The lowest BCUT2D eigenvalue weighted by Crippen LogP contribution is -2.02. The lowest BCUT2D eigenvalue weighted by atomic mass is 10.0. The van der Waals surface area contributed by atoms with Crippen LogP contribution in [0.4, 0.5) is 5.69 Å². The Kier molecular flexibility index (Phi) is 3.56. The molecule has 3 aromatic heterocycles. The molecule has 128 valence electrons. The Morgan fingerprint density at radius 2 is 1.76 bits per heavy atom. The van der Waals surface area contributed by atoms with E-state index >= 15 is 0 Å². The molecule has 0 radical (unpaired) electrons. The van der Waals surface area contributed by atoms with Crippen LogP contribution in [-0.4, -0.2) is 20.3 Å². The minimum atomic E-state index is 0.619. The van der Waals surface area contributed by atoms with E-state index in [1.54, 1.807) is 6.33 Å². The normalized spacial score (nSPS) is 11.4. The van der Waals surface area contributed by atoms with Crippen molar-refractivity contribution in [2.75, 3.05) is 5.32 Å². The Morgan fingerprint density at radius 1 is 1.00 bits per heavy atom. The Bertz CT molecular complexity index is 1020. The molecule has 25 heavy (non-hydrogen) atoms. The van der Waals surface area contributed by atoms with Crippen LogP contribution in [0.15, 0.2) is 27.5 Å². The van der Waals surface area contributed by atoms with E-state index in [2.05, 4.69) is 37.7 Å². The van der Waals surface area contributed by atoms with Gasteiger partial charge >= 0.3 is 0 Å². The van der Waals surface area contributed by atoms with E-state index in [1.165, 1.54) is 0 Å². The topological polar surface area (TPSA) is 92.8 Å². The van der Waals surface area contributed by atoms with Crippen LogP contribution in [0.5, 0.6) is 0 Å². The monoisotopic (exact) mass is 337 g/mol. The van der Waals surface area contributed by atoms with Crippen molar-refractivity contribution in [2.45, 2.75) is 34.2 Å². The van der Waals surface area contributed by atoms with E-state index in [4.69, 9.17) is 9.05 Å². The number of benzene rings is 1. The summed E-state index contributed by atoms with van der Waals surface area (Å²) in [5, 5.41) is 11.5. The van der Waals surface area contributed by atoms with Crippen LogP contribution in [-0.2, 0) is 6.54 Å². The summed E-state index contributed by atoms with van der Waals surface area (Å²) in [6.07, 6.45) is 1.70. The number of aryl methyl sites for hydroxylation is 4. The maximum absolute atomic E-state index is 5.32. The molecule has 4 aromatic rings. The number of hydrogen-bond donors (Lipinski definition) is 2. The number of hydrogen-bond acceptors (Lipinski definition) is 6. The molecule has 7 nitrogen and oxygen atoms in total. The first-order valence-corrected chi connectivity index (χ1v) is 8.10.